The molecule has 1 atom stereocenters. The Morgan fingerprint density at radius 1 is 0.870 bits per heavy atom. The van der Waals surface area contributed by atoms with E-state index < -0.39 is 8.96 Å². The summed E-state index contributed by atoms with van der Waals surface area (Å²) in [5, 5.41) is 0. The van der Waals surface area contributed by atoms with Gasteiger partial charge in [-0.3, -0.25) is 0 Å². The second-order valence-electron chi connectivity index (χ2n) is 9.65. The molecule has 0 aliphatic heterocycles. The first-order valence-corrected chi connectivity index (χ1v) is 12.8. The van der Waals surface area contributed by atoms with E-state index in [1.165, 1.54) is 19.3 Å². The van der Waals surface area contributed by atoms with Gasteiger partial charge in [0.2, 0.25) is 0 Å². The first-order chi connectivity index (χ1) is 10.8. The van der Waals surface area contributed by atoms with Gasteiger partial charge in [-0.2, -0.15) is 0 Å². The van der Waals surface area contributed by atoms with Crippen LogP contribution < -0.4 is 0 Å². The minimum atomic E-state index is -0.879. The highest BCUT2D eigenvalue weighted by atomic mass is 28.3. The molecular weight excluding hydrogens is 294 g/mol. The zero-order valence-corrected chi connectivity index (χ0v) is 17.2. The second kappa shape index (κ2) is 5.24. The van der Waals surface area contributed by atoms with E-state index in [0.29, 0.717) is 11.5 Å². The van der Waals surface area contributed by atoms with Crippen LogP contribution in [-0.2, 0) is 0 Å². The Labute approximate surface area is 144 Å². The summed E-state index contributed by atoms with van der Waals surface area (Å²) in [4.78, 5) is 0. The fourth-order valence-corrected chi connectivity index (χ4v) is 9.56. The molecule has 23 heavy (non-hydrogen) atoms. The van der Waals surface area contributed by atoms with E-state index in [0.717, 1.165) is 17.8 Å². The van der Waals surface area contributed by atoms with Gasteiger partial charge in [0.15, 0.2) is 0 Å². The average Bonchev–Trinajstić information content (AvgIpc) is 2.63. The van der Waals surface area contributed by atoms with Crippen molar-refractivity contribution >= 4 is 8.96 Å². The molecular formula is C21H35NSi. The minimum absolute atomic E-state index is 0.547. The van der Waals surface area contributed by atoms with Crippen molar-refractivity contribution in [2.75, 3.05) is 0 Å². The van der Waals surface area contributed by atoms with E-state index in [9.17, 15) is 0 Å². The molecule has 0 saturated heterocycles. The number of hydrogen-bond donors (Lipinski definition) is 0. The smallest absolute Gasteiger partial charge is 0.134 e. The number of rotatable bonds is 3. The topological polar surface area (TPSA) is 3.24 Å². The fourth-order valence-electron chi connectivity index (χ4n) is 7.17. The van der Waals surface area contributed by atoms with Crippen molar-refractivity contribution in [2.45, 2.75) is 84.9 Å². The van der Waals surface area contributed by atoms with Crippen LogP contribution in [0.3, 0.4) is 0 Å². The third kappa shape index (κ3) is 2.23. The molecule has 4 bridgehead atoms. The van der Waals surface area contributed by atoms with E-state index in [-0.39, 0.29) is 0 Å². The Balaban J connectivity index is 1.76. The first kappa shape index (κ1) is 16.0. The van der Waals surface area contributed by atoms with Crippen LogP contribution in [0.15, 0.2) is 22.4 Å². The molecule has 5 aliphatic carbocycles. The van der Waals surface area contributed by atoms with Crippen LogP contribution in [0.25, 0.3) is 0 Å². The monoisotopic (exact) mass is 329 g/mol. The third-order valence-electron chi connectivity index (χ3n) is 7.89. The van der Waals surface area contributed by atoms with Crippen LogP contribution in [0.2, 0.25) is 13.1 Å². The lowest BCUT2D eigenvalue weighted by molar-refractivity contribution is -0.0514. The highest BCUT2D eigenvalue weighted by Crippen LogP contribution is 2.59. The Morgan fingerprint density at radius 2 is 1.35 bits per heavy atom. The normalized spacial score (nSPS) is 42.4. The fraction of sp³-hybridized carbons (Fsp3) is 0.810. The second-order valence-corrected chi connectivity index (χ2v) is 12.3. The highest BCUT2D eigenvalue weighted by Gasteiger charge is 2.55. The number of allylic oxidation sites excluding steroid dienone is 3. The maximum Gasteiger partial charge on any atom is 0.134 e. The molecule has 5 aliphatic rings. The molecule has 0 amide bonds. The van der Waals surface area contributed by atoms with Gasteiger partial charge in [-0.05, 0) is 88.2 Å². The Hall–Kier alpha value is -0.503. The van der Waals surface area contributed by atoms with Gasteiger partial charge in [0.05, 0.1) is 0 Å². The molecule has 0 heterocycles. The molecule has 0 aromatic rings. The van der Waals surface area contributed by atoms with E-state index >= 15 is 0 Å². The maximum atomic E-state index is 3.08. The van der Waals surface area contributed by atoms with Gasteiger partial charge in [-0.1, -0.05) is 25.6 Å². The molecule has 1 unspecified atom stereocenters. The van der Waals surface area contributed by atoms with Crippen LogP contribution in [0.5, 0.6) is 0 Å². The van der Waals surface area contributed by atoms with Gasteiger partial charge in [-0.25, -0.2) is 0 Å². The predicted octanol–water partition coefficient (Wildman–Crippen LogP) is 5.50. The van der Waals surface area contributed by atoms with Crippen LogP contribution in [0.4, 0.5) is 0 Å². The molecule has 0 spiro atoms. The van der Waals surface area contributed by atoms with Gasteiger partial charge >= 0.3 is 0 Å². The Bertz CT molecular complexity index is 547. The number of hydrogen-bond acceptors (Lipinski definition) is 1. The van der Waals surface area contributed by atoms with Crippen molar-refractivity contribution in [3.63, 3.8) is 0 Å². The lowest BCUT2D eigenvalue weighted by Gasteiger charge is -2.63. The van der Waals surface area contributed by atoms with Gasteiger partial charge in [0.25, 0.3) is 0 Å². The molecule has 2 heteroatoms. The van der Waals surface area contributed by atoms with Gasteiger partial charge in [0, 0.05) is 17.2 Å². The average molecular weight is 330 g/mol. The van der Waals surface area contributed by atoms with Gasteiger partial charge in [-0.15, -0.1) is 0 Å². The molecule has 0 aromatic carbocycles. The standard InChI is InChI=1S/C21H35NSi/c1-13-14(2)16(4)20(15(13)3)22(23(5)6)21-10-17-7-18(11-21)9-19(8-17)12-21/h15,17-19,23H,7-12H2,1-6H3. The van der Waals surface area contributed by atoms with Gasteiger partial charge < -0.3 is 4.57 Å². The summed E-state index contributed by atoms with van der Waals surface area (Å²) in [6.45, 7) is 14.8. The van der Waals surface area contributed by atoms with Crippen LogP contribution in [0.1, 0.15) is 66.2 Å². The van der Waals surface area contributed by atoms with Crippen molar-refractivity contribution in [1.29, 1.82) is 0 Å². The van der Waals surface area contributed by atoms with E-state index in [1.807, 2.05) is 0 Å². The zero-order valence-electron chi connectivity index (χ0n) is 16.1. The largest absolute Gasteiger partial charge is 0.398 e. The van der Waals surface area contributed by atoms with Crippen molar-refractivity contribution in [2.24, 2.45) is 23.7 Å². The zero-order chi connectivity index (χ0) is 16.5. The Kier molecular flexibility index (Phi) is 3.65. The summed E-state index contributed by atoms with van der Waals surface area (Å²) in [5.74, 6) is 3.79. The van der Waals surface area contributed by atoms with E-state index in [2.05, 4.69) is 45.4 Å². The SMILES string of the molecule is CC1=C(C)C(C)C(N([SiH](C)C)C23CC4CC(CC(C4)C2)C3)=C1C. The summed E-state index contributed by atoms with van der Waals surface area (Å²) in [7, 11) is -0.879. The Morgan fingerprint density at radius 3 is 1.70 bits per heavy atom. The minimum Gasteiger partial charge on any atom is -0.398 e. The van der Waals surface area contributed by atoms with Crippen LogP contribution in [0, 0.1) is 23.7 Å². The predicted molar refractivity (Wildman–Crippen MR) is 102 cm³/mol. The van der Waals surface area contributed by atoms with Gasteiger partial charge in [0.1, 0.15) is 8.96 Å². The molecule has 4 saturated carbocycles. The van der Waals surface area contributed by atoms with Crippen molar-refractivity contribution < 1.29 is 0 Å². The maximum absolute atomic E-state index is 3.08. The van der Waals surface area contributed by atoms with Crippen molar-refractivity contribution in [3.8, 4) is 0 Å². The lowest BCUT2D eigenvalue weighted by Crippen LogP contribution is -2.62. The summed E-state index contributed by atoms with van der Waals surface area (Å²) in [5.41, 5.74) is 7.11. The molecule has 128 valence electrons. The molecule has 0 aromatic heterocycles. The van der Waals surface area contributed by atoms with E-state index in [1.54, 1.807) is 41.7 Å². The van der Waals surface area contributed by atoms with Crippen molar-refractivity contribution in [1.82, 2.24) is 4.57 Å². The first-order valence-electron chi connectivity index (χ1n) is 10.00. The summed E-state index contributed by atoms with van der Waals surface area (Å²) in [6, 6.07) is 0. The van der Waals surface area contributed by atoms with E-state index in [4.69, 9.17) is 0 Å². The summed E-state index contributed by atoms with van der Waals surface area (Å²) in [6.07, 6.45) is 9.17. The molecule has 1 nitrogen and oxygen atoms in total. The number of nitrogens with zero attached hydrogens (tertiary/aromatic N) is 1. The molecule has 4 fully saturated rings. The molecule has 0 N–H and O–H groups in total. The highest BCUT2D eigenvalue weighted by molar-refractivity contribution is 6.53. The molecule has 0 radical (unpaired) electrons. The third-order valence-corrected chi connectivity index (χ3v) is 9.75. The van der Waals surface area contributed by atoms with Crippen LogP contribution in [-0.4, -0.2) is 19.1 Å². The lowest BCUT2D eigenvalue weighted by atomic mass is 9.53. The molecule has 5 rings (SSSR count). The van der Waals surface area contributed by atoms with Crippen molar-refractivity contribution in [3.05, 3.63) is 22.4 Å². The quantitative estimate of drug-likeness (QED) is 0.618. The summed E-state index contributed by atoms with van der Waals surface area (Å²) < 4.78 is 3.08. The van der Waals surface area contributed by atoms with Crippen LogP contribution >= 0.6 is 0 Å². The summed E-state index contributed by atoms with van der Waals surface area (Å²) >= 11 is 0.